The lowest BCUT2D eigenvalue weighted by molar-refractivity contribution is 0.518. The summed E-state index contributed by atoms with van der Waals surface area (Å²) in [5, 5.41) is 0. The Hall–Kier alpha value is 0.150. The molecule has 0 amide bonds. The summed E-state index contributed by atoms with van der Waals surface area (Å²) in [4.78, 5) is 0. The van der Waals surface area contributed by atoms with E-state index in [1.807, 2.05) is 6.08 Å². The standard InChI is InChI=1S/C9H16BrF/c1-3-8(2)5-4-6-9(10)7-11/h6,8H,3-5,7H2,1-2H3. The fourth-order valence-corrected chi connectivity index (χ4v) is 1.01. The first-order valence-electron chi connectivity index (χ1n) is 4.11. The summed E-state index contributed by atoms with van der Waals surface area (Å²) >= 11 is 3.13. The monoisotopic (exact) mass is 222 g/mol. The van der Waals surface area contributed by atoms with Gasteiger partial charge in [0.1, 0.15) is 6.67 Å². The highest BCUT2D eigenvalue weighted by molar-refractivity contribution is 9.11. The Morgan fingerprint density at radius 3 is 2.73 bits per heavy atom. The lowest BCUT2D eigenvalue weighted by Crippen LogP contribution is -1.90. The number of alkyl halides is 1. The Kier molecular flexibility index (Phi) is 6.93. The molecule has 11 heavy (non-hydrogen) atoms. The molecule has 0 aliphatic carbocycles. The molecule has 0 aliphatic heterocycles. The summed E-state index contributed by atoms with van der Waals surface area (Å²) in [7, 11) is 0. The second-order valence-corrected chi connectivity index (χ2v) is 3.89. The maximum atomic E-state index is 11.9. The zero-order chi connectivity index (χ0) is 8.69. The summed E-state index contributed by atoms with van der Waals surface area (Å²) in [5.74, 6) is 0.756. The van der Waals surface area contributed by atoms with Gasteiger partial charge in [0.25, 0.3) is 0 Å². The van der Waals surface area contributed by atoms with E-state index in [2.05, 4.69) is 29.8 Å². The van der Waals surface area contributed by atoms with Crippen LogP contribution in [0.2, 0.25) is 0 Å². The van der Waals surface area contributed by atoms with Gasteiger partial charge >= 0.3 is 0 Å². The van der Waals surface area contributed by atoms with Crippen LogP contribution in [0.25, 0.3) is 0 Å². The molecule has 0 N–H and O–H groups in total. The van der Waals surface area contributed by atoms with Gasteiger partial charge in [-0.1, -0.05) is 42.3 Å². The van der Waals surface area contributed by atoms with Crippen LogP contribution in [0.3, 0.4) is 0 Å². The van der Waals surface area contributed by atoms with Crippen molar-refractivity contribution >= 4 is 15.9 Å². The van der Waals surface area contributed by atoms with Crippen LogP contribution in [0.4, 0.5) is 4.39 Å². The minimum Gasteiger partial charge on any atom is -0.245 e. The zero-order valence-electron chi connectivity index (χ0n) is 7.24. The van der Waals surface area contributed by atoms with E-state index in [0.29, 0.717) is 4.48 Å². The van der Waals surface area contributed by atoms with Gasteiger partial charge in [0, 0.05) is 4.48 Å². The van der Waals surface area contributed by atoms with Gasteiger partial charge in [-0.3, -0.25) is 0 Å². The van der Waals surface area contributed by atoms with Gasteiger partial charge in [0.05, 0.1) is 0 Å². The van der Waals surface area contributed by atoms with Gasteiger partial charge < -0.3 is 0 Å². The Morgan fingerprint density at radius 1 is 1.64 bits per heavy atom. The average molecular weight is 223 g/mol. The molecule has 0 aromatic rings. The highest BCUT2D eigenvalue weighted by atomic mass is 79.9. The molecule has 0 aromatic carbocycles. The normalized spacial score (nSPS) is 15.1. The van der Waals surface area contributed by atoms with Gasteiger partial charge in [-0.15, -0.1) is 0 Å². The second-order valence-electron chi connectivity index (χ2n) is 2.88. The Balaban J connectivity index is 3.39. The van der Waals surface area contributed by atoms with Gasteiger partial charge in [0.15, 0.2) is 0 Å². The van der Waals surface area contributed by atoms with E-state index in [1.165, 1.54) is 6.42 Å². The van der Waals surface area contributed by atoms with Crippen LogP contribution in [-0.4, -0.2) is 6.67 Å². The van der Waals surface area contributed by atoms with Crippen molar-refractivity contribution in [3.05, 3.63) is 10.6 Å². The second kappa shape index (κ2) is 6.84. The predicted molar refractivity (Wildman–Crippen MR) is 51.7 cm³/mol. The third kappa shape index (κ3) is 6.54. The molecule has 66 valence electrons. The molecule has 1 atom stereocenters. The maximum absolute atomic E-state index is 11.9. The smallest absolute Gasteiger partial charge is 0.121 e. The SMILES string of the molecule is CCC(C)CCC=C(Br)CF. The number of allylic oxidation sites excluding steroid dienone is 2. The molecule has 0 spiro atoms. The van der Waals surface area contributed by atoms with Gasteiger partial charge in [-0.05, 0) is 18.8 Å². The van der Waals surface area contributed by atoms with Crippen LogP contribution < -0.4 is 0 Å². The van der Waals surface area contributed by atoms with Crippen molar-refractivity contribution in [3.63, 3.8) is 0 Å². The third-order valence-electron chi connectivity index (χ3n) is 1.85. The molecule has 0 bridgehead atoms. The number of hydrogen-bond donors (Lipinski definition) is 0. The number of hydrogen-bond acceptors (Lipinski definition) is 0. The van der Waals surface area contributed by atoms with E-state index in [1.54, 1.807) is 0 Å². The first kappa shape index (κ1) is 11.2. The lowest BCUT2D eigenvalue weighted by atomic mass is 10.0. The molecule has 0 heterocycles. The number of rotatable bonds is 5. The Labute approximate surface area is 77.0 Å². The van der Waals surface area contributed by atoms with Gasteiger partial charge in [0.2, 0.25) is 0 Å². The van der Waals surface area contributed by atoms with E-state index in [4.69, 9.17) is 0 Å². The lowest BCUT2D eigenvalue weighted by Gasteiger charge is -2.04. The average Bonchev–Trinajstić information content (AvgIpc) is 2.04. The van der Waals surface area contributed by atoms with Crippen LogP contribution in [0, 0.1) is 5.92 Å². The quantitative estimate of drug-likeness (QED) is 0.659. The summed E-state index contributed by atoms with van der Waals surface area (Å²) in [6.45, 7) is 4.02. The van der Waals surface area contributed by atoms with Crippen LogP contribution in [0.5, 0.6) is 0 Å². The van der Waals surface area contributed by atoms with Crippen molar-refractivity contribution in [2.75, 3.05) is 6.67 Å². The molecule has 0 fully saturated rings. The fraction of sp³-hybridized carbons (Fsp3) is 0.778. The molecule has 1 unspecified atom stereocenters. The summed E-state index contributed by atoms with van der Waals surface area (Å²) in [5.41, 5.74) is 0. The van der Waals surface area contributed by atoms with Crippen LogP contribution in [-0.2, 0) is 0 Å². The maximum Gasteiger partial charge on any atom is 0.121 e. The minimum atomic E-state index is -0.374. The molecule has 0 aromatic heterocycles. The minimum absolute atomic E-state index is 0.374. The van der Waals surface area contributed by atoms with E-state index in [9.17, 15) is 4.39 Å². The largest absolute Gasteiger partial charge is 0.245 e. The third-order valence-corrected chi connectivity index (χ3v) is 2.39. The van der Waals surface area contributed by atoms with Crippen molar-refractivity contribution in [2.45, 2.75) is 33.1 Å². The molecule has 0 aliphatic rings. The van der Waals surface area contributed by atoms with Crippen LogP contribution in [0.1, 0.15) is 33.1 Å². The van der Waals surface area contributed by atoms with Gasteiger partial charge in [-0.2, -0.15) is 0 Å². The highest BCUT2D eigenvalue weighted by Gasteiger charge is 1.96. The summed E-state index contributed by atoms with van der Waals surface area (Å²) in [6, 6.07) is 0. The molecule has 0 saturated heterocycles. The summed E-state index contributed by atoms with van der Waals surface area (Å²) in [6.07, 6.45) is 5.28. The van der Waals surface area contributed by atoms with Gasteiger partial charge in [-0.25, -0.2) is 4.39 Å². The Morgan fingerprint density at radius 2 is 2.27 bits per heavy atom. The van der Waals surface area contributed by atoms with Crippen LogP contribution in [0.15, 0.2) is 10.6 Å². The predicted octanol–water partition coefficient (Wildman–Crippen LogP) is 4.06. The molecular formula is C9H16BrF. The van der Waals surface area contributed by atoms with Crippen molar-refractivity contribution in [1.82, 2.24) is 0 Å². The molecule has 0 rings (SSSR count). The van der Waals surface area contributed by atoms with Crippen molar-refractivity contribution in [2.24, 2.45) is 5.92 Å². The van der Waals surface area contributed by atoms with Crippen LogP contribution >= 0.6 is 15.9 Å². The van der Waals surface area contributed by atoms with E-state index in [0.717, 1.165) is 18.8 Å². The summed E-state index contributed by atoms with van der Waals surface area (Å²) < 4.78 is 12.6. The molecule has 0 radical (unpaired) electrons. The molecule has 0 nitrogen and oxygen atoms in total. The number of halogens is 2. The van der Waals surface area contributed by atoms with Crippen molar-refractivity contribution in [1.29, 1.82) is 0 Å². The molecule has 2 heteroatoms. The fourth-order valence-electron chi connectivity index (χ4n) is 0.783. The van der Waals surface area contributed by atoms with E-state index in [-0.39, 0.29) is 6.67 Å². The Bertz CT molecular complexity index is 121. The van der Waals surface area contributed by atoms with Crippen molar-refractivity contribution < 1.29 is 4.39 Å². The molecule has 0 saturated carbocycles. The van der Waals surface area contributed by atoms with Crippen molar-refractivity contribution in [3.8, 4) is 0 Å². The topological polar surface area (TPSA) is 0 Å². The first-order chi connectivity index (χ1) is 5.20. The van der Waals surface area contributed by atoms with E-state index < -0.39 is 0 Å². The highest BCUT2D eigenvalue weighted by Crippen LogP contribution is 2.13. The zero-order valence-corrected chi connectivity index (χ0v) is 8.83. The molecular weight excluding hydrogens is 207 g/mol. The van der Waals surface area contributed by atoms with E-state index >= 15 is 0 Å². The first-order valence-corrected chi connectivity index (χ1v) is 4.90.